The van der Waals surface area contributed by atoms with E-state index in [1.807, 2.05) is 25.1 Å². The molecule has 2 aromatic rings. The number of methoxy groups -OCH3 is 1. The van der Waals surface area contributed by atoms with Gasteiger partial charge in [0.25, 0.3) is 0 Å². The van der Waals surface area contributed by atoms with E-state index in [0.29, 0.717) is 6.61 Å². The number of amides is 1. The zero-order chi connectivity index (χ0) is 14.5. The lowest BCUT2D eigenvalue weighted by molar-refractivity contribution is 0.187. The van der Waals surface area contributed by atoms with Gasteiger partial charge in [-0.05, 0) is 54.6 Å². The predicted octanol–water partition coefficient (Wildman–Crippen LogP) is 4.12. The summed E-state index contributed by atoms with van der Waals surface area (Å²) in [5.41, 5.74) is 2.89. The summed E-state index contributed by atoms with van der Waals surface area (Å²) in [6.45, 7) is 4.55. The number of hydrogen-bond acceptors (Lipinski definition) is 4. The molecule has 1 aromatic carbocycles. The number of benzene rings is 1. The van der Waals surface area contributed by atoms with Gasteiger partial charge >= 0.3 is 6.09 Å². The van der Waals surface area contributed by atoms with Gasteiger partial charge in [-0.1, -0.05) is 0 Å². The van der Waals surface area contributed by atoms with Crippen molar-refractivity contribution in [2.24, 2.45) is 0 Å². The van der Waals surface area contributed by atoms with Gasteiger partial charge in [0.05, 0.1) is 7.11 Å². The number of carbonyl (C=O) groups is 1. The van der Waals surface area contributed by atoms with Gasteiger partial charge < -0.3 is 9.47 Å². The second-order valence-corrected chi connectivity index (χ2v) is 5.41. The molecular weight excluding hydrogens is 274 g/mol. The van der Waals surface area contributed by atoms with Crippen LogP contribution in [-0.4, -0.2) is 13.2 Å². The molecular formula is C15H17NO3S. The van der Waals surface area contributed by atoms with Crippen LogP contribution in [0, 0.1) is 13.8 Å². The number of nitrogens with one attached hydrogen (secondary N) is 1. The lowest BCUT2D eigenvalue weighted by atomic mass is 10.2. The highest BCUT2D eigenvalue weighted by Gasteiger charge is 2.06. The van der Waals surface area contributed by atoms with Gasteiger partial charge in [0.1, 0.15) is 12.4 Å². The van der Waals surface area contributed by atoms with Crippen molar-refractivity contribution in [1.82, 2.24) is 0 Å². The molecule has 1 heterocycles. The van der Waals surface area contributed by atoms with Crippen LogP contribution < -0.4 is 10.1 Å². The zero-order valence-corrected chi connectivity index (χ0v) is 12.5. The number of aryl methyl sites for hydroxylation is 2. The minimum atomic E-state index is -0.476. The molecule has 2 rings (SSSR count). The Morgan fingerprint density at radius 1 is 1.25 bits per heavy atom. The molecule has 0 unspecified atom stereocenters. The van der Waals surface area contributed by atoms with Gasteiger partial charge in [0.2, 0.25) is 0 Å². The smallest absolute Gasteiger partial charge is 0.411 e. The Morgan fingerprint density at radius 3 is 2.65 bits per heavy atom. The Morgan fingerprint density at radius 2 is 2.05 bits per heavy atom. The van der Waals surface area contributed by atoms with E-state index >= 15 is 0 Å². The molecule has 4 nitrogen and oxygen atoms in total. The van der Waals surface area contributed by atoms with Crippen LogP contribution in [0.2, 0.25) is 0 Å². The number of thiophene rings is 1. The lowest BCUT2D eigenvalue weighted by Gasteiger charge is -2.10. The molecule has 0 aliphatic heterocycles. The lowest BCUT2D eigenvalue weighted by Crippen LogP contribution is -2.11. The third-order valence-electron chi connectivity index (χ3n) is 2.96. The molecule has 1 aromatic heterocycles. The van der Waals surface area contributed by atoms with Crippen molar-refractivity contribution in [2.75, 3.05) is 12.4 Å². The topological polar surface area (TPSA) is 47.6 Å². The van der Waals surface area contributed by atoms with Crippen LogP contribution >= 0.6 is 11.3 Å². The third kappa shape index (κ3) is 3.51. The molecule has 106 valence electrons. The first-order valence-corrected chi connectivity index (χ1v) is 7.09. The maximum atomic E-state index is 11.2. The summed E-state index contributed by atoms with van der Waals surface area (Å²) >= 11 is 1.69. The molecule has 5 heteroatoms. The van der Waals surface area contributed by atoms with Gasteiger partial charge in [-0.3, -0.25) is 5.32 Å². The number of rotatable bonds is 4. The fourth-order valence-corrected chi connectivity index (χ4v) is 2.55. The van der Waals surface area contributed by atoms with Gasteiger partial charge in [-0.25, -0.2) is 4.79 Å². The second-order valence-electron chi connectivity index (χ2n) is 4.41. The predicted molar refractivity (Wildman–Crippen MR) is 80.6 cm³/mol. The summed E-state index contributed by atoms with van der Waals surface area (Å²) < 4.78 is 10.3. The molecule has 0 saturated carbocycles. The average molecular weight is 291 g/mol. The van der Waals surface area contributed by atoms with E-state index in [0.717, 1.165) is 17.0 Å². The highest BCUT2D eigenvalue weighted by atomic mass is 32.1. The highest BCUT2D eigenvalue weighted by molar-refractivity contribution is 7.10. The molecule has 0 atom stereocenters. The second kappa shape index (κ2) is 6.43. The number of ether oxygens (including phenoxy) is 2. The van der Waals surface area contributed by atoms with Crippen LogP contribution in [0.4, 0.5) is 10.5 Å². The monoisotopic (exact) mass is 291 g/mol. The summed E-state index contributed by atoms with van der Waals surface area (Å²) in [5.74, 6) is 0.783. The van der Waals surface area contributed by atoms with Crippen molar-refractivity contribution in [1.29, 1.82) is 0 Å². The standard InChI is InChI=1S/C15H17NO3S/c1-10-6-7-20-14(10)9-19-12-4-5-13(11(2)8-12)16-15(17)18-3/h4-8H,9H2,1-3H3,(H,16,17). The molecule has 20 heavy (non-hydrogen) atoms. The Bertz CT molecular complexity index is 607. The van der Waals surface area contributed by atoms with Gasteiger partial charge in [-0.2, -0.15) is 0 Å². The number of hydrogen-bond donors (Lipinski definition) is 1. The van der Waals surface area contributed by atoms with Crippen LogP contribution in [0.25, 0.3) is 0 Å². The van der Waals surface area contributed by atoms with Crippen molar-refractivity contribution in [3.8, 4) is 5.75 Å². The maximum Gasteiger partial charge on any atom is 0.411 e. The number of anilines is 1. The van der Waals surface area contributed by atoms with Crippen LogP contribution in [0.15, 0.2) is 29.6 Å². The van der Waals surface area contributed by atoms with Crippen molar-refractivity contribution < 1.29 is 14.3 Å². The Labute approximate surface area is 122 Å². The van der Waals surface area contributed by atoms with Gasteiger partial charge in [0, 0.05) is 10.6 Å². The van der Waals surface area contributed by atoms with Crippen LogP contribution in [0.1, 0.15) is 16.0 Å². The minimum Gasteiger partial charge on any atom is -0.488 e. The molecule has 0 radical (unpaired) electrons. The van der Waals surface area contributed by atoms with Crippen LogP contribution in [0.5, 0.6) is 5.75 Å². The van der Waals surface area contributed by atoms with Crippen molar-refractivity contribution in [3.05, 3.63) is 45.6 Å². The SMILES string of the molecule is COC(=O)Nc1ccc(OCc2sccc2C)cc1C. The molecule has 0 aliphatic carbocycles. The van der Waals surface area contributed by atoms with Gasteiger partial charge in [-0.15, -0.1) is 11.3 Å². The Kier molecular flexibility index (Phi) is 4.63. The average Bonchev–Trinajstić information content (AvgIpc) is 2.84. The van der Waals surface area contributed by atoms with E-state index in [1.54, 1.807) is 11.3 Å². The normalized spacial score (nSPS) is 10.2. The van der Waals surface area contributed by atoms with E-state index in [9.17, 15) is 4.79 Å². The summed E-state index contributed by atoms with van der Waals surface area (Å²) in [6, 6.07) is 7.62. The first-order valence-electron chi connectivity index (χ1n) is 6.21. The fourth-order valence-electron chi connectivity index (χ4n) is 1.73. The summed E-state index contributed by atoms with van der Waals surface area (Å²) in [7, 11) is 1.34. The molecule has 0 bridgehead atoms. The third-order valence-corrected chi connectivity index (χ3v) is 3.95. The first-order chi connectivity index (χ1) is 9.60. The van der Waals surface area contributed by atoms with Crippen molar-refractivity contribution in [3.63, 3.8) is 0 Å². The molecule has 0 spiro atoms. The summed E-state index contributed by atoms with van der Waals surface area (Å²) in [5, 5.41) is 4.71. The molecule has 1 amide bonds. The highest BCUT2D eigenvalue weighted by Crippen LogP contribution is 2.24. The van der Waals surface area contributed by atoms with E-state index in [-0.39, 0.29) is 0 Å². The van der Waals surface area contributed by atoms with E-state index in [4.69, 9.17) is 4.74 Å². The molecule has 0 saturated heterocycles. The minimum absolute atomic E-state index is 0.476. The van der Waals surface area contributed by atoms with E-state index < -0.39 is 6.09 Å². The number of carbonyl (C=O) groups excluding carboxylic acids is 1. The Hall–Kier alpha value is -2.01. The molecule has 0 aliphatic rings. The molecule has 0 fully saturated rings. The van der Waals surface area contributed by atoms with E-state index in [2.05, 4.69) is 28.4 Å². The maximum absolute atomic E-state index is 11.2. The van der Waals surface area contributed by atoms with Crippen molar-refractivity contribution >= 4 is 23.1 Å². The first kappa shape index (κ1) is 14.4. The van der Waals surface area contributed by atoms with Crippen molar-refractivity contribution in [2.45, 2.75) is 20.5 Å². The molecule has 1 N–H and O–H groups in total. The zero-order valence-electron chi connectivity index (χ0n) is 11.7. The summed E-state index contributed by atoms with van der Waals surface area (Å²) in [4.78, 5) is 12.4. The quantitative estimate of drug-likeness (QED) is 0.921. The van der Waals surface area contributed by atoms with Gasteiger partial charge in [0.15, 0.2) is 0 Å². The van der Waals surface area contributed by atoms with Crippen LogP contribution in [0.3, 0.4) is 0 Å². The summed E-state index contributed by atoms with van der Waals surface area (Å²) in [6.07, 6.45) is -0.476. The van der Waals surface area contributed by atoms with E-state index in [1.165, 1.54) is 17.6 Å². The fraction of sp³-hybridized carbons (Fsp3) is 0.267. The largest absolute Gasteiger partial charge is 0.488 e. The Balaban J connectivity index is 2.02. The van der Waals surface area contributed by atoms with Crippen LogP contribution in [-0.2, 0) is 11.3 Å².